The van der Waals surface area contributed by atoms with E-state index in [-0.39, 0.29) is 20.3 Å². The predicted molar refractivity (Wildman–Crippen MR) is 153 cm³/mol. The lowest BCUT2D eigenvalue weighted by Crippen LogP contribution is -3.00. The molecule has 0 saturated carbocycles. The summed E-state index contributed by atoms with van der Waals surface area (Å²) >= 11 is 0. The second-order valence-corrected chi connectivity index (χ2v) is 13.5. The molecule has 0 heterocycles. The van der Waals surface area contributed by atoms with Gasteiger partial charge in [-0.1, -0.05) is 131 Å². The van der Waals surface area contributed by atoms with E-state index < -0.39 is 0 Å². The van der Waals surface area contributed by atoms with Crippen LogP contribution in [0.5, 0.6) is 0 Å². The molecule has 0 aromatic heterocycles. The maximum Gasteiger partial charge on any atom is 0.0566 e. The van der Waals surface area contributed by atoms with Crippen LogP contribution < -0.4 is 12.4 Å². The topological polar surface area (TPSA) is 0 Å². The fourth-order valence-electron chi connectivity index (χ4n) is 5.03. The van der Waals surface area contributed by atoms with Gasteiger partial charge in [0.15, 0.2) is 0 Å². The summed E-state index contributed by atoms with van der Waals surface area (Å²) in [5, 5.41) is 0. The first-order chi connectivity index (χ1) is 16.2. The van der Waals surface area contributed by atoms with Crippen molar-refractivity contribution < 1.29 is 12.4 Å². The van der Waals surface area contributed by atoms with Gasteiger partial charge in [0, 0.05) is 13.3 Å². The summed E-state index contributed by atoms with van der Waals surface area (Å²) in [4.78, 5) is 0. The van der Waals surface area contributed by atoms with Crippen LogP contribution in [0.1, 0.15) is 101 Å². The van der Waals surface area contributed by atoms with Crippen LogP contribution in [0.25, 0.3) is 0 Å². The van der Waals surface area contributed by atoms with Crippen LogP contribution in [0.3, 0.4) is 0 Å². The fraction of sp³-hybridized carbons (Fsp3) is 0.625. The van der Waals surface area contributed by atoms with Gasteiger partial charge in [-0.15, -0.1) is 0 Å². The highest BCUT2D eigenvalue weighted by molar-refractivity contribution is 7.55. The highest BCUT2D eigenvalue weighted by atomic mass is 35.5. The van der Waals surface area contributed by atoms with E-state index in [0.29, 0.717) is 0 Å². The maximum atomic E-state index is 2.44. The van der Waals surface area contributed by atoms with E-state index >= 15 is 0 Å². The second-order valence-electron chi connectivity index (χ2n) is 10.6. The molecule has 0 aliphatic heterocycles. The molecule has 0 atom stereocenters. The zero-order valence-electron chi connectivity index (χ0n) is 22.2. The Bertz CT molecular complexity index is 628. The molecular formula is C32H52ClP. The Kier molecular flexibility index (Phi) is 19.7. The Morgan fingerprint density at radius 3 is 1.24 bits per heavy atom. The van der Waals surface area contributed by atoms with E-state index in [1.54, 1.807) is 0 Å². The first-order valence-corrected chi connectivity index (χ1v) is 16.8. The van der Waals surface area contributed by atoms with E-state index in [9.17, 15) is 0 Å². The number of benzene rings is 2. The summed E-state index contributed by atoms with van der Waals surface area (Å²) in [6.45, 7) is 4.89. The number of hydrogen-bond donors (Lipinski definition) is 0. The fourth-order valence-corrected chi connectivity index (χ4v) is 5.98. The molecule has 0 aliphatic rings. The van der Waals surface area contributed by atoms with Gasteiger partial charge in [-0.25, -0.2) is 0 Å². The van der Waals surface area contributed by atoms with Crippen LogP contribution >= 0.6 is 7.92 Å². The number of rotatable bonds is 20. The van der Waals surface area contributed by atoms with Crippen LogP contribution in [-0.4, -0.2) is 19.5 Å². The van der Waals surface area contributed by atoms with Gasteiger partial charge in [-0.3, -0.25) is 0 Å². The number of hydrogen-bond acceptors (Lipinski definition) is 0. The Morgan fingerprint density at radius 2 is 0.853 bits per heavy atom. The maximum absolute atomic E-state index is 2.44. The lowest BCUT2D eigenvalue weighted by Gasteiger charge is -2.17. The zero-order chi connectivity index (χ0) is 23.4. The van der Waals surface area contributed by atoms with Crippen LogP contribution in [0, 0.1) is 5.92 Å². The van der Waals surface area contributed by atoms with Crippen molar-refractivity contribution in [1.82, 2.24) is 0 Å². The molecule has 0 radical (unpaired) electrons. The third-order valence-corrected chi connectivity index (χ3v) is 8.38. The minimum atomic E-state index is 0. The van der Waals surface area contributed by atoms with Gasteiger partial charge in [0.2, 0.25) is 0 Å². The normalized spacial score (nSPS) is 11.2. The van der Waals surface area contributed by atoms with E-state index in [4.69, 9.17) is 0 Å². The summed E-state index contributed by atoms with van der Waals surface area (Å²) < 4.78 is 0. The van der Waals surface area contributed by atoms with Crippen LogP contribution in [0.2, 0.25) is 0 Å². The molecule has 0 saturated heterocycles. The Hall–Kier alpha value is -0.840. The third-order valence-electron chi connectivity index (χ3n) is 7.02. The average molecular weight is 503 g/mol. The SMILES string of the molecule is C[PH+](C)CCCCCCCCCCCCCCCC(Cc1ccccc1)Cc1ccccc1.[Cl-]. The summed E-state index contributed by atoms with van der Waals surface area (Å²) in [6, 6.07) is 22.2. The molecule has 0 fully saturated rings. The number of unbranched alkanes of at least 4 members (excludes halogenated alkanes) is 12. The summed E-state index contributed by atoms with van der Waals surface area (Å²) in [7, 11) is 0.0195. The monoisotopic (exact) mass is 502 g/mol. The summed E-state index contributed by atoms with van der Waals surface area (Å²) in [5.41, 5.74) is 2.99. The Balaban J connectivity index is 0.00000578. The van der Waals surface area contributed by atoms with Gasteiger partial charge >= 0.3 is 0 Å². The largest absolute Gasteiger partial charge is 1.00 e. The molecule has 0 spiro atoms. The molecule has 0 amide bonds. The van der Waals surface area contributed by atoms with E-state index in [1.165, 1.54) is 120 Å². The molecule has 2 rings (SSSR count). The van der Waals surface area contributed by atoms with Crippen molar-refractivity contribution >= 4 is 7.92 Å². The summed E-state index contributed by atoms with van der Waals surface area (Å²) in [5.74, 6) is 0.765. The lowest BCUT2D eigenvalue weighted by molar-refractivity contribution is -0.00000714. The molecule has 34 heavy (non-hydrogen) atoms. The first-order valence-electron chi connectivity index (χ1n) is 14.1. The highest BCUT2D eigenvalue weighted by Gasteiger charge is 2.11. The Morgan fingerprint density at radius 1 is 0.500 bits per heavy atom. The minimum Gasteiger partial charge on any atom is -1.00 e. The van der Waals surface area contributed by atoms with Gasteiger partial charge in [-0.2, -0.15) is 0 Å². The van der Waals surface area contributed by atoms with Gasteiger partial charge < -0.3 is 12.4 Å². The smallest absolute Gasteiger partial charge is 0.0566 e. The van der Waals surface area contributed by atoms with Gasteiger partial charge in [0.1, 0.15) is 0 Å². The van der Waals surface area contributed by atoms with E-state index in [2.05, 4.69) is 74.0 Å². The molecule has 0 nitrogen and oxygen atoms in total. The molecule has 0 unspecified atom stereocenters. The van der Waals surface area contributed by atoms with Crippen molar-refractivity contribution in [3.8, 4) is 0 Å². The van der Waals surface area contributed by atoms with Crippen molar-refractivity contribution in [3.05, 3.63) is 71.8 Å². The average Bonchev–Trinajstić information content (AvgIpc) is 2.82. The quantitative estimate of drug-likeness (QED) is 0.135. The molecule has 192 valence electrons. The van der Waals surface area contributed by atoms with Gasteiger partial charge in [-0.05, 0) is 57.1 Å². The second kappa shape index (κ2) is 21.4. The van der Waals surface area contributed by atoms with Crippen molar-refractivity contribution in [2.75, 3.05) is 19.5 Å². The van der Waals surface area contributed by atoms with Crippen molar-refractivity contribution in [3.63, 3.8) is 0 Å². The standard InChI is InChI=1S/C32H51P.ClH/c1-33(2)27-21-13-11-9-7-5-3-4-6-8-10-12-16-26-32(28-30-22-17-14-18-23-30)29-31-24-19-15-20-25-31;/h14-15,17-20,22-25,32H,3-13,16,21,26-29H2,1-2H3;1H. The van der Waals surface area contributed by atoms with Gasteiger partial charge in [0.25, 0.3) is 0 Å². The molecule has 2 aromatic rings. The number of halogens is 1. The minimum absolute atomic E-state index is 0. The molecule has 2 heteroatoms. The first kappa shape index (κ1) is 31.2. The molecule has 0 N–H and O–H groups in total. The van der Waals surface area contributed by atoms with Crippen LogP contribution in [0.4, 0.5) is 0 Å². The van der Waals surface area contributed by atoms with E-state index in [1.807, 2.05) is 0 Å². The molecule has 0 aliphatic carbocycles. The van der Waals surface area contributed by atoms with Gasteiger partial charge in [0.05, 0.1) is 6.16 Å². The summed E-state index contributed by atoms with van der Waals surface area (Å²) in [6.07, 6.45) is 24.2. The van der Waals surface area contributed by atoms with Crippen molar-refractivity contribution in [1.29, 1.82) is 0 Å². The molecule has 2 aromatic carbocycles. The molecular weight excluding hydrogens is 451 g/mol. The predicted octanol–water partition coefficient (Wildman–Crippen LogP) is 7.03. The third kappa shape index (κ3) is 16.7. The van der Waals surface area contributed by atoms with Crippen LogP contribution in [-0.2, 0) is 12.8 Å². The van der Waals surface area contributed by atoms with Crippen LogP contribution in [0.15, 0.2) is 60.7 Å². The zero-order valence-corrected chi connectivity index (χ0v) is 24.0. The lowest BCUT2D eigenvalue weighted by atomic mass is 9.88. The Labute approximate surface area is 219 Å². The van der Waals surface area contributed by atoms with E-state index in [0.717, 1.165) is 5.92 Å². The molecule has 0 bridgehead atoms. The highest BCUT2D eigenvalue weighted by Crippen LogP contribution is 2.26. The van der Waals surface area contributed by atoms with Crippen molar-refractivity contribution in [2.45, 2.75) is 103 Å². The van der Waals surface area contributed by atoms with Crippen molar-refractivity contribution in [2.24, 2.45) is 5.92 Å².